The highest BCUT2D eigenvalue weighted by Crippen LogP contribution is 2.25. The molecule has 0 aliphatic rings. The minimum absolute atomic E-state index is 0.0475. The smallest absolute Gasteiger partial charge is 0.359 e. The van der Waals surface area contributed by atoms with Gasteiger partial charge in [-0.3, -0.25) is 0 Å². The van der Waals surface area contributed by atoms with E-state index in [4.69, 9.17) is 4.74 Å². The zero-order valence-electron chi connectivity index (χ0n) is 18.6. The summed E-state index contributed by atoms with van der Waals surface area (Å²) in [5.74, 6) is -0.272. The molecule has 0 aliphatic heterocycles. The van der Waals surface area contributed by atoms with E-state index >= 15 is 0 Å². The van der Waals surface area contributed by atoms with Crippen molar-refractivity contribution < 1.29 is 14.5 Å². The van der Waals surface area contributed by atoms with E-state index in [1.165, 1.54) is 10.8 Å². The van der Waals surface area contributed by atoms with Crippen molar-refractivity contribution in [2.45, 2.75) is 27.3 Å². The van der Waals surface area contributed by atoms with Gasteiger partial charge in [-0.25, -0.2) is 19.0 Å². The van der Waals surface area contributed by atoms with Gasteiger partial charge in [0, 0.05) is 12.5 Å². The third-order valence-corrected chi connectivity index (χ3v) is 5.31. The summed E-state index contributed by atoms with van der Waals surface area (Å²) in [6.45, 7) is 5.75. The summed E-state index contributed by atoms with van der Waals surface area (Å²) in [4.78, 5) is 27.3. The first-order valence-electron chi connectivity index (χ1n) is 10.4. The minimum atomic E-state index is -0.602. The molecule has 4 aromatic rings. The third kappa shape index (κ3) is 4.67. The average molecular weight is 445 g/mol. The monoisotopic (exact) mass is 445 g/mol. The van der Waals surface area contributed by atoms with E-state index in [1.807, 2.05) is 62.4 Å². The van der Waals surface area contributed by atoms with Crippen LogP contribution in [0.5, 0.6) is 0 Å². The lowest BCUT2D eigenvalue weighted by Crippen LogP contribution is -2.14. The molecule has 2 aromatic carbocycles. The molecule has 0 atom stereocenters. The Morgan fingerprint density at radius 2 is 1.67 bits per heavy atom. The second-order valence-electron chi connectivity index (χ2n) is 7.74. The van der Waals surface area contributed by atoms with Crippen LogP contribution in [0.15, 0.2) is 60.8 Å². The lowest BCUT2D eigenvalue weighted by molar-refractivity contribution is -0.392. The van der Waals surface area contributed by atoms with Crippen LogP contribution in [0.3, 0.4) is 0 Å². The maximum absolute atomic E-state index is 12.8. The van der Waals surface area contributed by atoms with Crippen LogP contribution in [0.2, 0.25) is 0 Å². The van der Waals surface area contributed by atoms with Crippen LogP contribution in [-0.2, 0) is 11.3 Å². The Morgan fingerprint density at radius 1 is 1.03 bits per heavy atom. The predicted octanol–water partition coefficient (Wildman–Crippen LogP) is 4.43. The molecule has 9 heteroatoms. The molecule has 2 heterocycles. The Balaban J connectivity index is 1.58. The van der Waals surface area contributed by atoms with Crippen molar-refractivity contribution in [2.24, 2.45) is 0 Å². The van der Waals surface area contributed by atoms with Crippen molar-refractivity contribution >= 4 is 11.8 Å². The molecule has 0 saturated carbocycles. The van der Waals surface area contributed by atoms with Gasteiger partial charge in [0.25, 0.3) is 0 Å². The van der Waals surface area contributed by atoms with Gasteiger partial charge in [0.1, 0.15) is 19.3 Å². The zero-order valence-corrected chi connectivity index (χ0v) is 18.6. The summed E-state index contributed by atoms with van der Waals surface area (Å²) in [5.41, 5.74) is 4.89. The standard InChI is InChI=1S/C24H23N5O4/c1-16-4-8-19(9-5-16)22-14-21(26-28(22)20-10-6-17(2)7-11-20)24(30)33-13-12-27-18(3)25-15-23(27)29(31)32/h4-11,14-15H,12-13H2,1-3H3. The quantitative estimate of drug-likeness (QED) is 0.237. The molecule has 0 fully saturated rings. The second-order valence-corrected chi connectivity index (χ2v) is 7.74. The van der Waals surface area contributed by atoms with Crippen LogP contribution in [0, 0.1) is 30.9 Å². The third-order valence-electron chi connectivity index (χ3n) is 5.31. The molecule has 0 saturated heterocycles. The van der Waals surface area contributed by atoms with Gasteiger partial charge < -0.3 is 14.9 Å². The molecule has 0 aliphatic carbocycles. The van der Waals surface area contributed by atoms with Gasteiger partial charge in [0.2, 0.25) is 0 Å². The summed E-state index contributed by atoms with van der Waals surface area (Å²) >= 11 is 0. The van der Waals surface area contributed by atoms with Crippen molar-refractivity contribution in [3.05, 3.63) is 93.6 Å². The first-order chi connectivity index (χ1) is 15.8. The van der Waals surface area contributed by atoms with E-state index in [1.54, 1.807) is 17.7 Å². The molecule has 4 rings (SSSR count). The Labute approximate surface area is 190 Å². The average Bonchev–Trinajstić information content (AvgIpc) is 3.39. The Kier molecular flexibility index (Phi) is 6.03. The Morgan fingerprint density at radius 3 is 2.30 bits per heavy atom. The molecule has 9 nitrogen and oxygen atoms in total. The van der Waals surface area contributed by atoms with Crippen molar-refractivity contribution in [2.75, 3.05) is 6.61 Å². The summed E-state index contributed by atoms with van der Waals surface area (Å²) in [6.07, 6.45) is 1.19. The van der Waals surface area contributed by atoms with Gasteiger partial charge in [-0.2, -0.15) is 5.10 Å². The number of carbonyl (C=O) groups is 1. The molecular weight excluding hydrogens is 422 g/mol. The first-order valence-corrected chi connectivity index (χ1v) is 10.4. The highest BCUT2D eigenvalue weighted by atomic mass is 16.6. The first kappa shape index (κ1) is 21.9. The number of aryl methyl sites for hydroxylation is 3. The number of carbonyl (C=O) groups excluding carboxylic acids is 1. The lowest BCUT2D eigenvalue weighted by atomic mass is 10.1. The number of rotatable bonds is 7. The maximum atomic E-state index is 12.8. The molecule has 0 unspecified atom stereocenters. The summed E-state index contributed by atoms with van der Waals surface area (Å²) < 4.78 is 8.50. The highest BCUT2D eigenvalue weighted by Gasteiger charge is 2.20. The number of nitro groups is 1. The minimum Gasteiger partial charge on any atom is -0.457 e. The van der Waals surface area contributed by atoms with Gasteiger partial charge in [0.05, 0.1) is 11.4 Å². The van der Waals surface area contributed by atoms with E-state index in [0.717, 1.165) is 28.1 Å². The van der Waals surface area contributed by atoms with Crippen molar-refractivity contribution in [1.82, 2.24) is 19.3 Å². The molecule has 168 valence electrons. The maximum Gasteiger partial charge on any atom is 0.359 e. The van der Waals surface area contributed by atoms with Gasteiger partial charge in [-0.15, -0.1) is 0 Å². The van der Waals surface area contributed by atoms with Gasteiger partial charge in [-0.1, -0.05) is 47.5 Å². The normalized spacial score (nSPS) is 10.9. The number of hydrogen-bond acceptors (Lipinski definition) is 6. The highest BCUT2D eigenvalue weighted by molar-refractivity contribution is 5.89. The van der Waals surface area contributed by atoms with Crippen LogP contribution >= 0.6 is 0 Å². The Hall–Kier alpha value is -4.27. The summed E-state index contributed by atoms with van der Waals surface area (Å²) in [5, 5.41) is 15.6. The van der Waals surface area contributed by atoms with Gasteiger partial charge in [0.15, 0.2) is 11.5 Å². The number of nitrogens with zero attached hydrogens (tertiary/aromatic N) is 5. The van der Waals surface area contributed by atoms with Crippen LogP contribution in [-0.4, -0.2) is 36.8 Å². The largest absolute Gasteiger partial charge is 0.457 e. The predicted molar refractivity (Wildman–Crippen MR) is 122 cm³/mol. The summed E-state index contributed by atoms with van der Waals surface area (Å²) in [7, 11) is 0. The van der Waals surface area contributed by atoms with E-state index in [-0.39, 0.29) is 24.7 Å². The zero-order chi connectivity index (χ0) is 23.5. The SMILES string of the molecule is Cc1ccc(-c2cc(C(=O)OCCn3c([N+](=O)[O-])cnc3C)nn2-c2ccc(C)cc2)cc1. The number of benzene rings is 2. The van der Waals surface area contributed by atoms with E-state index in [0.29, 0.717) is 5.82 Å². The number of ether oxygens (including phenoxy) is 1. The lowest BCUT2D eigenvalue weighted by Gasteiger charge is -2.08. The fourth-order valence-electron chi connectivity index (χ4n) is 3.48. The fraction of sp³-hybridized carbons (Fsp3) is 0.208. The summed E-state index contributed by atoms with van der Waals surface area (Å²) in [6, 6.07) is 17.5. The molecule has 33 heavy (non-hydrogen) atoms. The molecular formula is C24H23N5O4. The van der Waals surface area contributed by atoms with Crippen molar-refractivity contribution in [1.29, 1.82) is 0 Å². The molecule has 0 amide bonds. The number of hydrogen-bond donors (Lipinski definition) is 0. The van der Waals surface area contributed by atoms with Crippen LogP contribution in [0.4, 0.5) is 5.82 Å². The number of imidazole rings is 1. The van der Waals surface area contributed by atoms with Crippen LogP contribution < -0.4 is 0 Å². The topological polar surface area (TPSA) is 105 Å². The van der Waals surface area contributed by atoms with Gasteiger partial charge >= 0.3 is 11.8 Å². The van der Waals surface area contributed by atoms with Crippen LogP contribution in [0.1, 0.15) is 27.4 Å². The van der Waals surface area contributed by atoms with Crippen molar-refractivity contribution in [3.8, 4) is 16.9 Å². The Bertz CT molecular complexity index is 1240. The molecule has 0 bridgehead atoms. The number of aromatic nitrogens is 4. The van der Waals surface area contributed by atoms with E-state index in [9.17, 15) is 14.9 Å². The fourth-order valence-corrected chi connectivity index (χ4v) is 3.48. The molecule has 0 N–H and O–H groups in total. The molecule has 0 radical (unpaired) electrons. The number of esters is 1. The van der Waals surface area contributed by atoms with Crippen LogP contribution in [0.25, 0.3) is 16.9 Å². The molecule has 0 spiro atoms. The van der Waals surface area contributed by atoms with Gasteiger partial charge in [-0.05, 0) is 37.0 Å². The molecule has 2 aromatic heterocycles. The van der Waals surface area contributed by atoms with Crippen molar-refractivity contribution in [3.63, 3.8) is 0 Å². The second kappa shape index (κ2) is 9.07. The van der Waals surface area contributed by atoms with E-state index < -0.39 is 10.9 Å². The van der Waals surface area contributed by atoms with E-state index in [2.05, 4.69) is 10.1 Å².